The lowest BCUT2D eigenvalue weighted by Crippen LogP contribution is -2.51. The number of carboxylic acid groups (broad SMARTS) is 1. The van der Waals surface area contributed by atoms with Crippen LogP contribution in [0.15, 0.2) is 12.1 Å². The van der Waals surface area contributed by atoms with Crippen molar-refractivity contribution in [3.05, 3.63) is 21.9 Å². The second kappa shape index (κ2) is 4.59. The van der Waals surface area contributed by atoms with Crippen molar-refractivity contribution >= 4 is 41.1 Å². The van der Waals surface area contributed by atoms with Crippen LogP contribution in [0, 0.1) is 0 Å². The molecule has 1 unspecified atom stereocenters. The molecule has 17 heavy (non-hydrogen) atoms. The van der Waals surface area contributed by atoms with Gasteiger partial charge in [0.25, 0.3) is 0 Å². The van der Waals surface area contributed by atoms with Crippen molar-refractivity contribution in [3.63, 3.8) is 0 Å². The summed E-state index contributed by atoms with van der Waals surface area (Å²) in [6.45, 7) is 0.481. The van der Waals surface area contributed by atoms with Crippen LogP contribution in [0.5, 0.6) is 0 Å². The molecule has 0 aliphatic carbocycles. The average molecular weight is 271 g/mol. The van der Waals surface area contributed by atoms with Crippen LogP contribution in [0.2, 0.25) is 0 Å². The molecule has 1 saturated heterocycles. The highest BCUT2D eigenvalue weighted by Crippen LogP contribution is 2.33. The first-order chi connectivity index (χ1) is 8.10. The summed E-state index contributed by atoms with van der Waals surface area (Å²) in [5.41, 5.74) is 0. The first kappa shape index (κ1) is 12.3. The Kier molecular flexibility index (Phi) is 3.32. The van der Waals surface area contributed by atoms with Crippen LogP contribution in [0.25, 0.3) is 0 Å². The number of aliphatic carboxylic acids is 1. The lowest BCUT2D eigenvalue weighted by molar-refractivity contribution is -0.139. The average Bonchev–Trinajstić information content (AvgIpc) is 2.98. The summed E-state index contributed by atoms with van der Waals surface area (Å²) < 4.78 is 0. The molecule has 0 spiro atoms. The van der Waals surface area contributed by atoms with E-state index in [0.29, 0.717) is 23.5 Å². The zero-order chi connectivity index (χ0) is 12.5. The van der Waals surface area contributed by atoms with Gasteiger partial charge in [0, 0.05) is 12.3 Å². The van der Waals surface area contributed by atoms with Gasteiger partial charge in [0.1, 0.15) is 0 Å². The van der Waals surface area contributed by atoms with E-state index >= 15 is 0 Å². The number of thiophene rings is 1. The highest BCUT2D eigenvalue weighted by atomic mass is 32.2. The summed E-state index contributed by atoms with van der Waals surface area (Å²) in [5.74, 6) is -1.11. The van der Waals surface area contributed by atoms with Crippen LogP contribution in [0.3, 0.4) is 0 Å². The SMILES string of the molecule is O=Cc1ccc(C(=O)C2(C(=O)O)NCCS2)s1. The van der Waals surface area contributed by atoms with Gasteiger partial charge in [0.2, 0.25) is 10.7 Å². The molecule has 0 bridgehead atoms. The number of aldehydes is 1. The molecule has 2 heterocycles. The Morgan fingerprint density at radius 3 is 2.71 bits per heavy atom. The maximum absolute atomic E-state index is 12.2. The Balaban J connectivity index is 2.34. The minimum atomic E-state index is -1.59. The van der Waals surface area contributed by atoms with Gasteiger partial charge in [-0.25, -0.2) is 4.79 Å². The van der Waals surface area contributed by atoms with Crippen molar-refractivity contribution in [2.45, 2.75) is 4.87 Å². The smallest absolute Gasteiger partial charge is 0.342 e. The zero-order valence-electron chi connectivity index (χ0n) is 8.63. The molecule has 1 aliphatic rings. The summed E-state index contributed by atoms with van der Waals surface area (Å²) in [6.07, 6.45) is 0.643. The Morgan fingerprint density at radius 1 is 1.47 bits per heavy atom. The molecule has 7 heteroatoms. The minimum absolute atomic E-state index is 0.288. The van der Waals surface area contributed by atoms with E-state index in [1.165, 1.54) is 12.1 Å². The Labute approximate surface area is 105 Å². The Morgan fingerprint density at radius 2 is 2.24 bits per heavy atom. The first-order valence-electron chi connectivity index (χ1n) is 4.82. The van der Waals surface area contributed by atoms with E-state index in [-0.39, 0.29) is 4.88 Å². The molecule has 2 rings (SSSR count). The lowest BCUT2D eigenvalue weighted by atomic mass is 10.1. The fraction of sp³-hybridized carbons (Fsp3) is 0.300. The molecule has 2 N–H and O–H groups in total. The van der Waals surface area contributed by atoms with Gasteiger partial charge < -0.3 is 5.11 Å². The number of hydrogen-bond donors (Lipinski definition) is 2. The van der Waals surface area contributed by atoms with Gasteiger partial charge in [-0.15, -0.1) is 23.1 Å². The van der Waals surface area contributed by atoms with Crippen LogP contribution in [-0.2, 0) is 4.79 Å². The van der Waals surface area contributed by atoms with Crippen LogP contribution in [-0.4, -0.2) is 40.3 Å². The van der Waals surface area contributed by atoms with Crippen molar-refractivity contribution in [3.8, 4) is 0 Å². The van der Waals surface area contributed by atoms with Crippen molar-refractivity contribution in [2.75, 3.05) is 12.3 Å². The highest BCUT2D eigenvalue weighted by molar-refractivity contribution is 8.02. The molecule has 5 nitrogen and oxygen atoms in total. The van der Waals surface area contributed by atoms with Crippen molar-refractivity contribution in [1.29, 1.82) is 0 Å². The maximum Gasteiger partial charge on any atom is 0.342 e. The topological polar surface area (TPSA) is 83.5 Å². The third-order valence-corrected chi connectivity index (χ3v) is 4.74. The number of ketones is 1. The number of carboxylic acids is 1. The quantitative estimate of drug-likeness (QED) is 0.480. The van der Waals surface area contributed by atoms with E-state index in [0.717, 1.165) is 23.1 Å². The number of rotatable bonds is 4. The number of hydrogen-bond acceptors (Lipinski definition) is 6. The largest absolute Gasteiger partial charge is 0.479 e. The molecular formula is C10H9NO4S2. The maximum atomic E-state index is 12.2. The van der Waals surface area contributed by atoms with Gasteiger partial charge in [-0.3, -0.25) is 14.9 Å². The predicted octanol–water partition coefficient (Wildman–Crippen LogP) is 0.861. The van der Waals surface area contributed by atoms with Gasteiger partial charge in [-0.05, 0) is 12.1 Å². The molecule has 0 radical (unpaired) electrons. The monoisotopic (exact) mass is 271 g/mol. The number of carbonyl (C=O) groups is 3. The molecule has 0 amide bonds. The molecule has 0 aromatic carbocycles. The van der Waals surface area contributed by atoms with E-state index in [1.54, 1.807) is 0 Å². The molecule has 90 valence electrons. The molecule has 1 atom stereocenters. The van der Waals surface area contributed by atoms with Gasteiger partial charge >= 0.3 is 5.97 Å². The van der Waals surface area contributed by atoms with Crippen LogP contribution >= 0.6 is 23.1 Å². The fourth-order valence-electron chi connectivity index (χ4n) is 1.57. The number of carbonyl (C=O) groups excluding carboxylic acids is 2. The first-order valence-corrected chi connectivity index (χ1v) is 6.62. The summed E-state index contributed by atoms with van der Waals surface area (Å²) in [4.78, 5) is 33.1. The van der Waals surface area contributed by atoms with Crippen LogP contribution in [0.4, 0.5) is 0 Å². The third kappa shape index (κ3) is 2.01. The van der Waals surface area contributed by atoms with Gasteiger partial charge in [-0.2, -0.15) is 0 Å². The van der Waals surface area contributed by atoms with Crippen molar-refractivity contribution < 1.29 is 19.5 Å². The summed E-state index contributed by atoms with van der Waals surface area (Å²) in [5, 5.41) is 11.9. The second-order valence-corrected chi connectivity index (χ2v) is 5.84. The highest BCUT2D eigenvalue weighted by Gasteiger charge is 2.50. The van der Waals surface area contributed by atoms with Gasteiger partial charge in [0.05, 0.1) is 9.75 Å². The van der Waals surface area contributed by atoms with E-state index in [1.807, 2.05) is 0 Å². The fourth-order valence-corrected chi connectivity index (χ4v) is 3.54. The van der Waals surface area contributed by atoms with E-state index in [4.69, 9.17) is 0 Å². The molecular weight excluding hydrogens is 262 g/mol. The zero-order valence-corrected chi connectivity index (χ0v) is 10.3. The Hall–Kier alpha value is -1.18. The molecule has 1 fully saturated rings. The van der Waals surface area contributed by atoms with E-state index < -0.39 is 16.6 Å². The van der Waals surface area contributed by atoms with Crippen molar-refractivity contribution in [1.82, 2.24) is 5.32 Å². The van der Waals surface area contributed by atoms with E-state index in [2.05, 4.69) is 5.32 Å². The normalized spacial score (nSPS) is 23.5. The van der Waals surface area contributed by atoms with E-state index in [9.17, 15) is 19.5 Å². The van der Waals surface area contributed by atoms with Crippen molar-refractivity contribution in [2.24, 2.45) is 0 Å². The summed E-state index contributed by atoms with van der Waals surface area (Å²) in [7, 11) is 0. The molecule has 1 aromatic heterocycles. The van der Waals surface area contributed by atoms with Gasteiger partial charge in [-0.1, -0.05) is 0 Å². The summed E-state index contributed by atoms with van der Waals surface area (Å²) in [6, 6.07) is 3.00. The van der Waals surface area contributed by atoms with Crippen LogP contribution < -0.4 is 5.32 Å². The second-order valence-electron chi connectivity index (χ2n) is 3.41. The summed E-state index contributed by atoms with van der Waals surface area (Å²) >= 11 is 2.09. The molecule has 0 saturated carbocycles. The predicted molar refractivity (Wildman–Crippen MR) is 64.9 cm³/mol. The van der Waals surface area contributed by atoms with Crippen LogP contribution in [0.1, 0.15) is 19.3 Å². The third-order valence-electron chi connectivity index (χ3n) is 2.38. The molecule has 1 aromatic rings. The lowest BCUT2D eigenvalue weighted by Gasteiger charge is -2.20. The standard InChI is InChI=1S/C10H9NO4S2/c12-5-6-1-2-7(17-6)8(13)10(9(14)15)11-3-4-16-10/h1-2,5,11H,3-4H2,(H,14,15). The van der Waals surface area contributed by atoms with Gasteiger partial charge in [0.15, 0.2) is 6.29 Å². The number of Topliss-reactive ketones (excluding diaryl/α,β-unsaturated/α-hetero) is 1. The molecule has 1 aliphatic heterocycles. The minimum Gasteiger partial charge on any atom is -0.479 e. The Bertz CT molecular complexity index is 476. The number of nitrogens with one attached hydrogen (secondary N) is 1. The number of thioether (sulfide) groups is 1.